The van der Waals surface area contributed by atoms with Crippen LogP contribution in [0.3, 0.4) is 0 Å². The molecule has 1 heterocycles. The van der Waals surface area contributed by atoms with Crippen LogP contribution in [-0.4, -0.2) is 17.0 Å². The molecule has 4 nitrogen and oxygen atoms in total. The topological polar surface area (TPSA) is 47.0 Å². The monoisotopic (exact) mass is 321 g/mol. The minimum atomic E-state index is 0.508. The molecule has 0 amide bonds. The Bertz CT molecular complexity index is 564. The summed E-state index contributed by atoms with van der Waals surface area (Å²) in [5.41, 5.74) is 3.12. The summed E-state index contributed by atoms with van der Waals surface area (Å²) < 4.78 is 6.87. The molecule has 1 aromatic carbocycles. The van der Waals surface area contributed by atoms with E-state index < -0.39 is 0 Å². The van der Waals surface area contributed by atoms with E-state index >= 15 is 0 Å². The van der Waals surface area contributed by atoms with E-state index in [4.69, 9.17) is 4.74 Å². The van der Waals surface area contributed by atoms with E-state index in [1.165, 1.54) is 0 Å². The van der Waals surface area contributed by atoms with Crippen LogP contribution in [0.2, 0.25) is 0 Å². The zero-order chi connectivity index (χ0) is 13.8. The number of halogens is 1. The Kier molecular flexibility index (Phi) is 4.50. The van der Waals surface area contributed by atoms with E-state index in [9.17, 15) is 0 Å². The van der Waals surface area contributed by atoms with Crippen molar-refractivity contribution in [3.05, 3.63) is 45.8 Å². The zero-order valence-electron chi connectivity index (χ0n) is 11.2. The average molecular weight is 322 g/mol. The van der Waals surface area contributed by atoms with Crippen LogP contribution in [-0.2, 0) is 6.54 Å². The average Bonchev–Trinajstić information content (AvgIpc) is 2.37. The number of rotatable bonds is 4. The van der Waals surface area contributed by atoms with Crippen molar-refractivity contribution in [1.29, 1.82) is 0 Å². The summed E-state index contributed by atoms with van der Waals surface area (Å²) in [6.45, 7) is 4.74. The van der Waals surface area contributed by atoms with Gasteiger partial charge in [-0.2, -0.15) is 0 Å². The Morgan fingerprint density at radius 2 is 1.89 bits per heavy atom. The lowest BCUT2D eigenvalue weighted by Crippen LogP contribution is -2.07. The number of hydrogen-bond donors (Lipinski definition) is 1. The van der Waals surface area contributed by atoms with Crippen LogP contribution < -0.4 is 10.1 Å². The van der Waals surface area contributed by atoms with Gasteiger partial charge in [0.25, 0.3) is 0 Å². The van der Waals surface area contributed by atoms with Crippen molar-refractivity contribution in [2.45, 2.75) is 20.4 Å². The molecule has 1 N–H and O–H groups in total. The van der Waals surface area contributed by atoms with Crippen molar-refractivity contribution in [3.63, 3.8) is 0 Å². The first-order valence-corrected chi connectivity index (χ1v) is 6.79. The van der Waals surface area contributed by atoms with Crippen molar-refractivity contribution in [1.82, 2.24) is 15.3 Å². The summed E-state index contributed by atoms with van der Waals surface area (Å²) in [6, 6.07) is 3.95. The quantitative estimate of drug-likeness (QED) is 0.937. The van der Waals surface area contributed by atoms with Crippen molar-refractivity contribution >= 4 is 15.9 Å². The highest BCUT2D eigenvalue weighted by atomic mass is 79.9. The molecule has 2 rings (SSSR count). The number of benzene rings is 1. The first-order chi connectivity index (χ1) is 9.10. The van der Waals surface area contributed by atoms with Crippen molar-refractivity contribution in [3.8, 4) is 11.6 Å². The Morgan fingerprint density at radius 3 is 2.53 bits per heavy atom. The molecule has 0 aliphatic heterocycles. The van der Waals surface area contributed by atoms with Gasteiger partial charge in [-0.15, -0.1) is 0 Å². The number of aromatic nitrogens is 2. The predicted molar refractivity (Wildman–Crippen MR) is 78.5 cm³/mol. The summed E-state index contributed by atoms with van der Waals surface area (Å²) >= 11 is 3.54. The van der Waals surface area contributed by atoms with Gasteiger partial charge in [0, 0.05) is 17.2 Å². The fraction of sp³-hybridized carbons (Fsp3) is 0.286. The van der Waals surface area contributed by atoms with Gasteiger partial charge in [-0.25, -0.2) is 4.98 Å². The molecule has 0 aliphatic carbocycles. The maximum Gasteiger partial charge on any atom is 0.238 e. The van der Waals surface area contributed by atoms with E-state index in [1.807, 2.05) is 33.0 Å². The molecular formula is C14H16BrN3O. The van der Waals surface area contributed by atoms with E-state index in [-0.39, 0.29) is 0 Å². The summed E-state index contributed by atoms with van der Waals surface area (Å²) in [7, 11) is 1.87. The molecule has 19 heavy (non-hydrogen) atoms. The molecule has 1 aromatic heterocycles. The van der Waals surface area contributed by atoms with Crippen molar-refractivity contribution in [2.75, 3.05) is 7.05 Å². The number of nitrogens with zero attached hydrogens (tertiary/aromatic N) is 2. The van der Waals surface area contributed by atoms with Crippen LogP contribution in [0.4, 0.5) is 0 Å². The third-order valence-electron chi connectivity index (χ3n) is 2.65. The molecule has 0 radical (unpaired) electrons. The second-order valence-corrected chi connectivity index (χ2v) is 5.15. The molecule has 0 saturated heterocycles. The van der Waals surface area contributed by atoms with Gasteiger partial charge in [0.15, 0.2) is 0 Å². The Labute approximate surface area is 121 Å². The van der Waals surface area contributed by atoms with Crippen LogP contribution in [0.15, 0.2) is 29.0 Å². The first kappa shape index (κ1) is 14.0. The summed E-state index contributed by atoms with van der Waals surface area (Å²) in [6.07, 6.45) is 3.34. The molecule has 0 fully saturated rings. The van der Waals surface area contributed by atoms with Crippen LogP contribution in [0.1, 0.15) is 16.8 Å². The third kappa shape index (κ3) is 3.52. The van der Waals surface area contributed by atoms with Gasteiger partial charge < -0.3 is 10.1 Å². The first-order valence-electron chi connectivity index (χ1n) is 6.00. The molecular weight excluding hydrogens is 306 g/mol. The lowest BCUT2D eigenvalue weighted by molar-refractivity contribution is 0.456. The minimum absolute atomic E-state index is 0.508. The van der Waals surface area contributed by atoms with E-state index in [0.717, 1.165) is 27.0 Å². The van der Waals surface area contributed by atoms with Gasteiger partial charge in [-0.3, -0.25) is 4.98 Å². The van der Waals surface area contributed by atoms with Gasteiger partial charge in [0.1, 0.15) is 5.75 Å². The highest BCUT2D eigenvalue weighted by molar-refractivity contribution is 9.10. The molecule has 0 aliphatic rings. The van der Waals surface area contributed by atoms with Crippen molar-refractivity contribution in [2.24, 2.45) is 0 Å². The maximum atomic E-state index is 5.76. The smallest absolute Gasteiger partial charge is 0.238 e. The molecule has 5 heteroatoms. The minimum Gasteiger partial charge on any atom is -0.437 e. The van der Waals surface area contributed by atoms with Crippen LogP contribution in [0.5, 0.6) is 11.6 Å². The molecule has 0 unspecified atom stereocenters. The van der Waals surface area contributed by atoms with Gasteiger partial charge in [-0.05, 0) is 44.2 Å². The van der Waals surface area contributed by atoms with Crippen LogP contribution in [0.25, 0.3) is 0 Å². The Hall–Kier alpha value is -1.46. The lowest BCUT2D eigenvalue weighted by atomic mass is 10.1. The van der Waals surface area contributed by atoms with Gasteiger partial charge in [-0.1, -0.05) is 15.9 Å². The van der Waals surface area contributed by atoms with Crippen LogP contribution >= 0.6 is 15.9 Å². The fourth-order valence-corrected chi connectivity index (χ4v) is 2.02. The second-order valence-electron chi connectivity index (χ2n) is 4.35. The van der Waals surface area contributed by atoms with E-state index in [0.29, 0.717) is 12.4 Å². The second kappa shape index (κ2) is 6.12. The summed E-state index contributed by atoms with van der Waals surface area (Å²) in [5, 5.41) is 3.04. The maximum absolute atomic E-state index is 5.76. The van der Waals surface area contributed by atoms with Gasteiger partial charge in [0.05, 0.1) is 11.9 Å². The Morgan fingerprint density at radius 1 is 1.21 bits per heavy atom. The SMILES string of the molecule is CNCc1cncc(Oc2cc(C)c(Br)c(C)c2)n1. The van der Waals surface area contributed by atoms with Gasteiger partial charge >= 0.3 is 0 Å². The van der Waals surface area contributed by atoms with Crippen LogP contribution in [0, 0.1) is 13.8 Å². The van der Waals surface area contributed by atoms with E-state index in [1.54, 1.807) is 12.4 Å². The highest BCUT2D eigenvalue weighted by Gasteiger charge is 2.06. The van der Waals surface area contributed by atoms with Crippen molar-refractivity contribution < 1.29 is 4.74 Å². The number of ether oxygens (including phenoxy) is 1. The third-order valence-corrected chi connectivity index (χ3v) is 3.90. The molecule has 2 aromatic rings. The number of nitrogens with one attached hydrogen (secondary N) is 1. The molecule has 0 bridgehead atoms. The van der Waals surface area contributed by atoms with Gasteiger partial charge in [0.2, 0.25) is 5.88 Å². The molecule has 100 valence electrons. The molecule has 0 spiro atoms. The highest BCUT2D eigenvalue weighted by Crippen LogP contribution is 2.28. The standard InChI is InChI=1S/C14H16BrN3O/c1-9-4-12(5-10(2)14(9)15)19-13-8-17-7-11(18-13)6-16-3/h4-5,7-8,16H,6H2,1-3H3. The number of hydrogen-bond acceptors (Lipinski definition) is 4. The predicted octanol–water partition coefficient (Wildman–Crippen LogP) is 3.37. The number of aryl methyl sites for hydroxylation is 2. The normalized spacial score (nSPS) is 10.5. The zero-order valence-corrected chi connectivity index (χ0v) is 12.8. The summed E-state index contributed by atoms with van der Waals surface area (Å²) in [5.74, 6) is 1.28. The fourth-order valence-electron chi connectivity index (χ4n) is 1.79. The van der Waals surface area contributed by atoms with E-state index in [2.05, 4.69) is 31.2 Å². The summed E-state index contributed by atoms with van der Waals surface area (Å²) in [4.78, 5) is 8.51. The Balaban J connectivity index is 2.23. The largest absolute Gasteiger partial charge is 0.437 e. The molecule has 0 atom stereocenters. The lowest BCUT2D eigenvalue weighted by Gasteiger charge is -2.09. The molecule has 0 saturated carbocycles.